The lowest BCUT2D eigenvalue weighted by molar-refractivity contribution is -0.170. The Balaban J connectivity index is 1.40. The first kappa shape index (κ1) is 24.6. The van der Waals surface area contributed by atoms with Crippen LogP contribution in [0.4, 0.5) is 13.2 Å². The molecule has 2 spiro atoms. The second-order valence-electron chi connectivity index (χ2n) is 12.2. The van der Waals surface area contributed by atoms with E-state index < -0.39 is 40.6 Å². The summed E-state index contributed by atoms with van der Waals surface area (Å²) in [6.45, 7) is 1.94. The number of oxazole rings is 1. The van der Waals surface area contributed by atoms with Crippen LogP contribution < -0.4 is 0 Å². The number of benzene rings is 1. The Kier molecular flexibility index (Phi) is 4.91. The van der Waals surface area contributed by atoms with Gasteiger partial charge in [0, 0.05) is 22.9 Å². The Hall–Kier alpha value is -2.46. The average molecular weight is 529 g/mol. The standard InChI is InChI=1S/C29H31F3N2O4/c1-26-12-19(29(30,31)32)17-11-18-24(35)25(36)21(34(2)3)13-27(18)8-9-28(17,38-27)23(26)7-5-16(26)15-4-6-22-20(10-15)33-14-37-22/h4-6,10-11,14,21,23-25,35-36H,7-9,12-13H2,1-3H3/t21-,23?,24+,25+,26+,27+,28+/m0/s1. The summed E-state index contributed by atoms with van der Waals surface area (Å²) in [5.74, 6) is -0.196. The highest BCUT2D eigenvalue weighted by Gasteiger charge is 2.69. The maximum Gasteiger partial charge on any atom is 0.413 e. The monoisotopic (exact) mass is 528 g/mol. The number of ether oxygens (including phenoxy) is 1. The van der Waals surface area contributed by atoms with E-state index in [9.17, 15) is 23.4 Å². The van der Waals surface area contributed by atoms with Gasteiger partial charge < -0.3 is 24.3 Å². The molecular formula is C29H31F3N2O4. The van der Waals surface area contributed by atoms with Crippen molar-refractivity contribution in [3.63, 3.8) is 0 Å². The molecule has 1 unspecified atom stereocenters. The van der Waals surface area contributed by atoms with Gasteiger partial charge in [0.1, 0.15) is 11.6 Å². The molecule has 2 bridgehead atoms. The summed E-state index contributed by atoms with van der Waals surface area (Å²) >= 11 is 0. The molecule has 2 aromatic rings. The van der Waals surface area contributed by atoms with Crippen molar-refractivity contribution < 1.29 is 32.5 Å². The van der Waals surface area contributed by atoms with Gasteiger partial charge in [-0.3, -0.25) is 0 Å². The molecule has 7 atom stereocenters. The van der Waals surface area contributed by atoms with Crippen LogP contribution in [0.1, 0.15) is 44.6 Å². The zero-order chi connectivity index (χ0) is 26.8. The van der Waals surface area contributed by atoms with Gasteiger partial charge in [0.15, 0.2) is 12.0 Å². The van der Waals surface area contributed by atoms with Gasteiger partial charge in [-0.2, -0.15) is 13.2 Å². The molecule has 3 aliphatic carbocycles. The number of likely N-dealkylation sites (N-methyl/N-ethyl adjacent to an activating group) is 1. The molecule has 0 amide bonds. The number of fused-ring (bicyclic) bond motifs is 2. The minimum Gasteiger partial charge on any atom is -0.443 e. The van der Waals surface area contributed by atoms with Crippen LogP contribution in [0, 0.1) is 11.3 Å². The summed E-state index contributed by atoms with van der Waals surface area (Å²) in [6, 6.07) is 5.23. The Morgan fingerprint density at radius 1 is 1.16 bits per heavy atom. The predicted molar refractivity (Wildman–Crippen MR) is 134 cm³/mol. The summed E-state index contributed by atoms with van der Waals surface area (Å²) < 4.78 is 56.8. The quantitative estimate of drug-likeness (QED) is 0.584. The Morgan fingerprint density at radius 2 is 1.95 bits per heavy atom. The number of aliphatic hydroxyl groups excluding tert-OH is 2. The van der Waals surface area contributed by atoms with Crippen molar-refractivity contribution in [2.75, 3.05) is 14.1 Å². The van der Waals surface area contributed by atoms with Crippen molar-refractivity contribution in [1.29, 1.82) is 0 Å². The predicted octanol–water partition coefficient (Wildman–Crippen LogP) is 4.78. The molecule has 1 aromatic carbocycles. The molecule has 6 nitrogen and oxygen atoms in total. The third-order valence-corrected chi connectivity index (χ3v) is 10.2. The Labute approximate surface area is 218 Å². The van der Waals surface area contributed by atoms with Crippen molar-refractivity contribution in [3.05, 3.63) is 59.0 Å². The van der Waals surface area contributed by atoms with Gasteiger partial charge in [-0.1, -0.05) is 25.1 Å². The number of aromatic nitrogens is 1. The Morgan fingerprint density at radius 3 is 2.68 bits per heavy atom. The zero-order valence-electron chi connectivity index (χ0n) is 21.5. The third kappa shape index (κ3) is 3.01. The van der Waals surface area contributed by atoms with E-state index in [4.69, 9.17) is 9.15 Å². The summed E-state index contributed by atoms with van der Waals surface area (Å²) in [7, 11) is 3.67. The van der Waals surface area contributed by atoms with E-state index in [0.29, 0.717) is 42.4 Å². The highest BCUT2D eigenvalue weighted by molar-refractivity contribution is 5.82. The average Bonchev–Trinajstić information content (AvgIpc) is 3.54. The SMILES string of the molecule is CN(C)[C@H]1C[C@@]23CC[C@@]4(O2)C(=C(C(F)(F)F)C[C@]2(C)C(c5ccc6ocnc6c5)=CCC24)C=C3[C@@H](O)[C@@H]1O. The minimum atomic E-state index is -4.56. The molecule has 2 aliphatic heterocycles. The van der Waals surface area contributed by atoms with E-state index in [1.165, 1.54) is 6.39 Å². The lowest BCUT2D eigenvalue weighted by atomic mass is 9.56. The smallest absolute Gasteiger partial charge is 0.413 e. The van der Waals surface area contributed by atoms with Crippen LogP contribution in [0.15, 0.2) is 57.9 Å². The largest absolute Gasteiger partial charge is 0.443 e. The summed E-state index contributed by atoms with van der Waals surface area (Å²) in [5.41, 5.74) is 0.156. The van der Waals surface area contributed by atoms with Crippen LogP contribution >= 0.6 is 0 Å². The molecular weight excluding hydrogens is 497 g/mol. The number of hydrogen-bond donors (Lipinski definition) is 2. The van der Waals surface area contributed by atoms with Gasteiger partial charge in [-0.15, -0.1) is 0 Å². The fraction of sp³-hybridized carbons (Fsp3) is 0.552. The number of nitrogens with zero attached hydrogens (tertiary/aromatic N) is 2. The highest BCUT2D eigenvalue weighted by Crippen LogP contribution is 2.70. The lowest BCUT2D eigenvalue weighted by Crippen LogP contribution is -2.62. The van der Waals surface area contributed by atoms with Crippen molar-refractivity contribution in [1.82, 2.24) is 9.88 Å². The van der Waals surface area contributed by atoms with E-state index in [2.05, 4.69) is 11.1 Å². The van der Waals surface area contributed by atoms with Crippen molar-refractivity contribution in [2.24, 2.45) is 11.3 Å². The van der Waals surface area contributed by atoms with Crippen LogP contribution in [-0.2, 0) is 4.74 Å². The van der Waals surface area contributed by atoms with Gasteiger partial charge in [0.25, 0.3) is 0 Å². The fourth-order valence-electron chi connectivity index (χ4n) is 8.40. The molecule has 5 aliphatic rings. The van der Waals surface area contributed by atoms with Gasteiger partial charge in [-0.05, 0) is 80.6 Å². The van der Waals surface area contributed by atoms with Crippen LogP contribution in [0.3, 0.4) is 0 Å². The zero-order valence-corrected chi connectivity index (χ0v) is 21.5. The number of halogens is 3. The van der Waals surface area contributed by atoms with Gasteiger partial charge in [0.05, 0.1) is 17.3 Å². The fourth-order valence-corrected chi connectivity index (χ4v) is 8.40. The van der Waals surface area contributed by atoms with E-state index in [1.807, 2.05) is 44.1 Å². The molecule has 1 saturated carbocycles. The van der Waals surface area contributed by atoms with Gasteiger partial charge in [-0.25, -0.2) is 4.98 Å². The minimum absolute atomic E-state index is 0.145. The number of hydrogen-bond acceptors (Lipinski definition) is 6. The first-order valence-electron chi connectivity index (χ1n) is 13.2. The van der Waals surface area contributed by atoms with Crippen LogP contribution in [0.2, 0.25) is 0 Å². The maximum absolute atomic E-state index is 14.8. The highest BCUT2D eigenvalue weighted by atomic mass is 19.4. The van der Waals surface area contributed by atoms with Gasteiger partial charge >= 0.3 is 6.18 Å². The van der Waals surface area contributed by atoms with E-state index in [1.54, 1.807) is 6.08 Å². The van der Waals surface area contributed by atoms with Gasteiger partial charge in [0.2, 0.25) is 0 Å². The van der Waals surface area contributed by atoms with E-state index in [0.717, 1.165) is 11.1 Å². The number of rotatable bonds is 2. The molecule has 7 rings (SSSR count). The molecule has 38 heavy (non-hydrogen) atoms. The number of allylic oxidation sites excluding steroid dienone is 3. The number of alkyl halides is 3. The summed E-state index contributed by atoms with van der Waals surface area (Å²) in [5, 5.41) is 22.0. The maximum atomic E-state index is 14.8. The van der Waals surface area contributed by atoms with Crippen LogP contribution in [-0.4, -0.2) is 69.8 Å². The first-order chi connectivity index (χ1) is 17.9. The molecule has 2 N–H and O–H groups in total. The summed E-state index contributed by atoms with van der Waals surface area (Å²) in [6.07, 6.45) is -0.164. The molecule has 9 heteroatoms. The van der Waals surface area contributed by atoms with Crippen LogP contribution in [0.5, 0.6) is 0 Å². The topological polar surface area (TPSA) is 79.0 Å². The van der Waals surface area contributed by atoms with E-state index >= 15 is 0 Å². The van der Waals surface area contributed by atoms with Crippen LogP contribution in [0.25, 0.3) is 16.7 Å². The second-order valence-corrected chi connectivity index (χ2v) is 12.2. The first-order valence-corrected chi connectivity index (χ1v) is 13.2. The second kappa shape index (κ2) is 7.59. The molecule has 3 heterocycles. The lowest BCUT2D eigenvalue weighted by Gasteiger charge is -2.57. The van der Waals surface area contributed by atoms with Crippen molar-refractivity contribution in [3.8, 4) is 0 Å². The van der Waals surface area contributed by atoms with E-state index in [-0.39, 0.29) is 24.0 Å². The molecule has 1 aromatic heterocycles. The van der Waals surface area contributed by atoms with Crippen molar-refractivity contribution >= 4 is 16.7 Å². The molecule has 0 radical (unpaired) electrons. The normalized spacial score (nSPS) is 40.2. The Bertz CT molecular complexity index is 1440. The number of aliphatic hydroxyl groups is 2. The molecule has 202 valence electrons. The molecule has 2 fully saturated rings. The molecule has 1 saturated heterocycles. The summed E-state index contributed by atoms with van der Waals surface area (Å²) in [4.78, 5) is 6.11. The van der Waals surface area contributed by atoms with Crippen molar-refractivity contribution in [2.45, 2.75) is 74.7 Å². The third-order valence-electron chi connectivity index (χ3n) is 10.2.